The van der Waals surface area contributed by atoms with Gasteiger partial charge in [0.05, 0.1) is 0 Å². The molecular formula is C14H9Cl3N2OS. The van der Waals surface area contributed by atoms with Crippen LogP contribution in [0.15, 0.2) is 42.5 Å². The quantitative estimate of drug-likeness (QED) is 0.759. The monoisotopic (exact) mass is 358 g/mol. The third kappa shape index (κ3) is 4.86. The number of benzene rings is 2. The first-order valence-electron chi connectivity index (χ1n) is 5.78. The number of amides is 1. The summed E-state index contributed by atoms with van der Waals surface area (Å²) in [6.07, 6.45) is 0. The van der Waals surface area contributed by atoms with E-state index >= 15 is 0 Å². The number of thiocarbonyl (C=S) groups is 1. The molecule has 0 aromatic heterocycles. The van der Waals surface area contributed by atoms with Gasteiger partial charge in [0.1, 0.15) is 0 Å². The van der Waals surface area contributed by atoms with E-state index in [0.717, 1.165) is 0 Å². The Labute approximate surface area is 142 Å². The van der Waals surface area contributed by atoms with Gasteiger partial charge in [0.25, 0.3) is 5.91 Å². The van der Waals surface area contributed by atoms with Crippen LogP contribution in [0, 0.1) is 0 Å². The van der Waals surface area contributed by atoms with Gasteiger partial charge in [-0.3, -0.25) is 10.1 Å². The maximum absolute atomic E-state index is 12.0. The third-order valence-electron chi connectivity index (χ3n) is 2.45. The highest BCUT2D eigenvalue weighted by Crippen LogP contribution is 2.19. The number of nitrogens with one attached hydrogen (secondary N) is 2. The number of rotatable bonds is 2. The average molecular weight is 360 g/mol. The molecule has 2 rings (SSSR count). The largest absolute Gasteiger partial charge is 0.332 e. The van der Waals surface area contributed by atoms with E-state index < -0.39 is 5.91 Å². The van der Waals surface area contributed by atoms with Gasteiger partial charge in [-0.15, -0.1) is 0 Å². The summed E-state index contributed by atoms with van der Waals surface area (Å²) >= 11 is 22.6. The van der Waals surface area contributed by atoms with Crippen LogP contribution in [0.1, 0.15) is 10.4 Å². The molecule has 0 saturated carbocycles. The van der Waals surface area contributed by atoms with Crippen LogP contribution in [-0.2, 0) is 0 Å². The highest BCUT2D eigenvalue weighted by molar-refractivity contribution is 7.80. The summed E-state index contributed by atoms with van der Waals surface area (Å²) in [6.45, 7) is 0. The Hall–Kier alpha value is -1.33. The summed E-state index contributed by atoms with van der Waals surface area (Å²) in [5.41, 5.74) is 1.04. The molecule has 21 heavy (non-hydrogen) atoms. The SMILES string of the molecule is O=C(NC(=S)Nc1ccc(Cl)cc1)c1cc(Cl)cc(Cl)c1. The molecule has 2 N–H and O–H groups in total. The highest BCUT2D eigenvalue weighted by atomic mass is 35.5. The minimum Gasteiger partial charge on any atom is -0.332 e. The summed E-state index contributed by atoms with van der Waals surface area (Å²) in [7, 11) is 0. The van der Waals surface area contributed by atoms with E-state index in [1.54, 1.807) is 30.3 Å². The van der Waals surface area contributed by atoms with Crippen LogP contribution >= 0.6 is 47.0 Å². The molecule has 0 spiro atoms. The van der Waals surface area contributed by atoms with E-state index in [9.17, 15) is 4.79 Å². The van der Waals surface area contributed by atoms with Crippen molar-refractivity contribution in [3.8, 4) is 0 Å². The van der Waals surface area contributed by atoms with Gasteiger partial charge in [-0.25, -0.2) is 0 Å². The van der Waals surface area contributed by atoms with Crippen LogP contribution in [0.2, 0.25) is 15.1 Å². The van der Waals surface area contributed by atoms with Crippen LogP contribution in [0.5, 0.6) is 0 Å². The lowest BCUT2D eigenvalue weighted by atomic mass is 10.2. The van der Waals surface area contributed by atoms with E-state index in [1.807, 2.05) is 0 Å². The minimum absolute atomic E-state index is 0.165. The van der Waals surface area contributed by atoms with E-state index in [0.29, 0.717) is 26.3 Å². The van der Waals surface area contributed by atoms with Crippen molar-refractivity contribution < 1.29 is 4.79 Å². The Morgan fingerprint density at radius 3 is 2.05 bits per heavy atom. The molecule has 0 radical (unpaired) electrons. The van der Waals surface area contributed by atoms with Crippen molar-refractivity contribution in [2.75, 3.05) is 5.32 Å². The molecular weight excluding hydrogens is 351 g/mol. The van der Waals surface area contributed by atoms with E-state index in [4.69, 9.17) is 47.0 Å². The van der Waals surface area contributed by atoms with E-state index in [-0.39, 0.29) is 5.11 Å². The number of halogens is 3. The molecule has 7 heteroatoms. The van der Waals surface area contributed by atoms with Gasteiger partial charge in [-0.05, 0) is 54.7 Å². The standard InChI is InChI=1S/C14H9Cl3N2OS/c15-9-1-3-12(4-2-9)18-14(21)19-13(20)8-5-10(16)7-11(17)6-8/h1-7H,(H2,18,19,20,21). The van der Waals surface area contributed by atoms with Crippen LogP contribution in [0.25, 0.3) is 0 Å². The molecule has 1 amide bonds. The zero-order valence-corrected chi connectivity index (χ0v) is 13.6. The molecule has 0 atom stereocenters. The fourth-order valence-corrected chi connectivity index (χ4v) is 2.42. The molecule has 2 aromatic rings. The smallest absolute Gasteiger partial charge is 0.257 e. The Morgan fingerprint density at radius 1 is 0.905 bits per heavy atom. The predicted molar refractivity (Wildman–Crippen MR) is 91.6 cm³/mol. The molecule has 0 aliphatic rings. The van der Waals surface area contributed by atoms with Gasteiger partial charge in [-0.2, -0.15) is 0 Å². The Balaban J connectivity index is 2.01. The topological polar surface area (TPSA) is 41.1 Å². The second kappa shape index (κ2) is 7.09. The van der Waals surface area contributed by atoms with E-state index in [1.165, 1.54) is 12.1 Å². The Kier molecular flexibility index (Phi) is 5.42. The van der Waals surface area contributed by atoms with Crippen LogP contribution in [-0.4, -0.2) is 11.0 Å². The third-order valence-corrected chi connectivity index (χ3v) is 3.35. The lowest BCUT2D eigenvalue weighted by Crippen LogP contribution is -2.34. The zero-order valence-electron chi connectivity index (χ0n) is 10.5. The number of anilines is 1. The van der Waals surface area contributed by atoms with Gasteiger partial charge in [0.2, 0.25) is 0 Å². The first kappa shape index (κ1) is 16.0. The first-order valence-corrected chi connectivity index (χ1v) is 7.32. The van der Waals surface area contributed by atoms with Gasteiger partial charge >= 0.3 is 0 Å². The normalized spacial score (nSPS) is 10.0. The molecule has 0 saturated heterocycles. The molecule has 0 aliphatic carbocycles. The molecule has 0 aliphatic heterocycles. The first-order chi connectivity index (χ1) is 9.94. The van der Waals surface area contributed by atoms with Crippen molar-refractivity contribution in [3.05, 3.63) is 63.1 Å². The van der Waals surface area contributed by atoms with Crippen molar-refractivity contribution in [2.45, 2.75) is 0 Å². The van der Waals surface area contributed by atoms with Crippen molar-refractivity contribution in [3.63, 3.8) is 0 Å². The Morgan fingerprint density at radius 2 is 1.48 bits per heavy atom. The fraction of sp³-hybridized carbons (Fsp3) is 0. The van der Waals surface area contributed by atoms with Crippen molar-refractivity contribution >= 4 is 63.7 Å². The second-order valence-electron chi connectivity index (χ2n) is 4.07. The average Bonchev–Trinajstić information content (AvgIpc) is 2.40. The number of carbonyl (C=O) groups excluding carboxylic acids is 1. The zero-order chi connectivity index (χ0) is 15.4. The fourth-order valence-electron chi connectivity index (χ4n) is 1.56. The predicted octanol–water partition coefficient (Wildman–Crippen LogP) is 4.77. The molecule has 108 valence electrons. The number of hydrogen-bond donors (Lipinski definition) is 2. The lowest BCUT2D eigenvalue weighted by Gasteiger charge is -2.10. The van der Waals surface area contributed by atoms with Crippen LogP contribution < -0.4 is 10.6 Å². The maximum Gasteiger partial charge on any atom is 0.257 e. The number of carbonyl (C=O) groups is 1. The summed E-state index contributed by atoms with van der Waals surface area (Å²) < 4.78 is 0. The maximum atomic E-state index is 12.0. The molecule has 0 fully saturated rings. The highest BCUT2D eigenvalue weighted by Gasteiger charge is 2.10. The second-order valence-corrected chi connectivity index (χ2v) is 5.79. The van der Waals surface area contributed by atoms with Crippen LogP contribution in [0.3, 0.4) is 0 Å². The van der Waals surface area contributed by atoms with Gasteiger partial charge < -0.3 is 5.32 Å². The number of hydrogen-bond acceptors (Lipinski definition) is 2. The molecule has 0 unspecified atom stereocenters. The van der Waals surface area contributed by atoms with Crippen molar-refractivity contribution in [1.29, 1.82) is 0 Å². The lowest BCUT2D eigenvalue weighted by molar-refractivity contribution is 0.0977. The minimum atomic E-state index is -0.397. The van der Waals surface area contributed by atoms with Gasteiger partial charge in [0.15, 0.2) is 5.11 Å². The summed E-state index contributed by atoms with van der Waals surface area (Å²) in [5, 5.41) is 6.96. The Bertz CT molecular complexity index is 669. The van der Waals surface area contributed by atoms with E-state index in [2.05, 4.69) is 10.6 Å². The summed E-state index contributed by atoms with van der Waals surface area (Å²) in [6, 6.07) is 11.5. The summed E-state index contributed by atoms with van der Waals surface area (Å²) in [4.78, 5) is 12.0. The van der Waals surface area contributed by atoms with Crippen molar-refractivity contribution in [1.82, 2.24) is 5.32 Å². The van der Waals surface area contributed by atoms with Crippen molar-refractivity contribution in [2.24, 2.45) is 0 Å². The molecule has 0 bridgehead atoms. The van der Waals surface area contributed by atoms with Gasteiger partial charge in [-0.1, -0.05) is 34.8 Å². The summed E-state index contributed by atoms with van der Waals surface area (Å²) in [5.74, 6) is -0.397. The molecule has 3 nitrogen and oxygen atoms in total. The molecule has 0 heterocycles. The van der Waals surface area contributed by atoms with Gasteiger partial charge in [0, 0.05) is 26.3 Å². The van der Waals surface area contributed by atoms with Crippen LogP contribution in [0.4, 0.5) is 5.69 Å². The molecule has 2 aromatic carbocycles.